The number of aliphatic hydroxyl groups is 1. The van der Waals surface area contributed by atoms with Gasteiger partial charge in [-0.2, -0.15) is 0 Å². The predicted octanol–water partition coefficient (Wildman–Crippen LogP) is 5.08. The molecule has 3 aromatic rings. The standard InChI is InChI=1S/C36H40N2O6/c1-2-41-36-30(8-5-17-39)31(26-10-11-29-27(20-26)19-25-6-3-4-7-28(25)29)21-34(44-36)35(40)38-15-13-37(14-16-38)22-24-9-12-32-33(18-24)43-23-42-32/h3-4,6-7,9-12,18,20-21,30-31,36,39H,2,5,8,13-17,19,22-23H2,1H3/t30-,31+,36+/m1/s1. The van der Waals surface area contributed by atoms with E-state index < -0.39 is 6.29 Å². The third-order valence-corrected chi connectivity index (χ3v) is 9.33. The number of fused-ring (bicyclic) bond motifs is 4. The smallest absolute Gasteiger partial charge is 0.288 e. The number of amides is 1. The summed E-state index contributed by atoms with van der Waals surface area (Å²) in [6.45, 7) is 6.39. The van der Waals surface area contributed by atoms with Crippen LogP contribution in [0.1, 0.15) is 47.9 Å². The fraction of sp³-hybridized carbons (Fsp3) is 0.417. The van der Waals surface area contributed by atoms with Gasteiger partial charge >= 0.3 is 0 Å². The first-order valence-corrected chi connectivity index (χ1v) is 15.8. The predicted molar refractivity (Wildman–Crippen MR) is 166 cm³/mol. The molecule has 1 amide bonds. The maximum Gasteiger partial charge on any atom is 0.288 e. The summed E-state index contributed by atoms with van der Waals surface area (Å²) >= 11 is 0. The van der Waals surface area contributed by atoms with Crippen LogP contribution in [0.3, 0.4) is 0 Å². The van der Waals surface area contributed by atoms with E-state index in [2.05, 4.69) is 53.4 Å². The molecule has 1 fully saturated rings. The molecular formula is C36H40N2O6. The van der Waals surface area contributed by atoms with Crippen molar-refractivity contribution in [1.29, 1.82) is 0 Å². The van der Waals surface area contributed by atoms with E-state index in [0.29, 0.717) is 31.9 Å². The van der Waals surface area contributed by atoms with E-state index in [1.165, 1.54) is 27.8 Å². The van der Waals surface area contributed by atoms with Crippen molar-refractivity contribution in [3.63, 3.8) is 0 Å². The van der Waals surface area contributed by atoms with Gasteiger partial charge in [0.2, 0.25) is 13.1 Å². The van der Waals surface area contributed by atoms with Gasteiger partial charge in [0.15, 0.2) is 17.3 Å². The van der Waals surface area contributed by atoms with Crippen LogP contribution < -0.4 is 9.47 Å². The quantitative estimate of drug-likeness (QED) is 0.289. The molecule has 3 atom stereocenters. The molecule has 3 aliphatic heterocycles. The average molecular weight is 597 g/mol. The number of aliphatic hydroxyl groups excluding tert-OH is 1. The second-order valence-corrected chi connectivity index (χ2v) is 12.0. The van der Waals surface area contributed by atoms with E-state index in [-0.39, 0.29) is 31.1 Å². The lowest BCUT2D eigenvalue weighted by atomic mass is 9.79. The molecule has 3 aromatic carbocycles. The van der Waals surface area contributed by atoms with Gasteiger partial charge in [-0.15, -0.1) is 0 Å². The van der Waals surface area contributed by atoms with Gasteiger partial charge in [0.25, 0.3) is 5.91 Å². The highest BCUT2D eigenvalue weighted by Crippen LogP contribution is 2.43. The number of piperazine rings is 1. The fourth-order valence-corrected chi connectivity index (χ4v) is 7.07. The molecule has 1 N–H and O–H groups in total. The first-order valence-electron chi connectivity index (χ1n) is 15.8. The molecule has 0 spiro atoms. The van der Waals surface area contributed by atoms with Crippen LogP contribution in [0.15, 0.2) is 72.5 Å². The first kappa shape index (κ1) is 28.9. The van der Waals surface area contributed by atoms with Crippen molar-refractivity contribution in [2.45, 2.75) is 44.9 Å². The minimum absolute atomic E-state index is 0.0148. The molecule has 4 aliphatic rings. The number of allylic oxidation sites excluding steroid dienone is 1. The molecule has 8 heteroatoms. The van der Waals surface area contributed by atoms with Gasteiger partial charge in [-0.25, -0.2) is 0 Å². The highest BCUT2D eigenvalue weighted by Gasteiger charge is 2.39. The normalized spacial score (nSPS) is 22.3. The SMILES string of the molecule is CCO[C@H]1OC(C(=O)N2CCN(Cc3ccc4c(c3)OCO4)CC2)=C[C@@H](c2ccc3c(c2)Cc2ccccc2-3)[C@H]1CCCO. The Bertz CT molecular complexity index is 1550. The highest BCUT2D eigenvalue weighted by molar-refractivity contribution is 5.92. The Morgan fingerprint density at radius 2 is 1.77 bits per heavy atom. The van der Waals surface area contributed by atoms with Crippen molar-refractivity contribution in [2.24, 2.45) is 5.92 Å². The van der Waals surface area contributed by atoms with Crippen LogP contribution >= 0.6 is 0 Å². The Kier molecular flexibility index (Phi) is 8.30. The van der Waals surface area contributed by atoms with Crippen LogP contribution in [-0.4, -0.2) is 73.3 Å². The monoisotopic (exact) mass is 596 g/mol. The van der Waals surface area contributed by atoms with Crippen LogP contribution in [0.5, 0.6) is 11.5 Å². The van der Waals surface area contributed by atoms with E-state index in [9.17, 15) is 9.90 Å². The Morgan fingerprint density at radius 3 is 2.61 bits per heavy atom. The summed E-state index contributed by atoms with van der Waals surface area (Å²) in [7, 11) is 0. The van der Waals surface area contributed by atoms with E-state index >= 15 is 0 Å². The van der Waals surface area contributed by atoms with Crippen molar-refractivity contribution >= 4 is 5.91 Å². The molecule has 0 aromatic heterocycles. The van der Waals surface area contributed by atoms with Gasteiger partial charge < -0.3 is 29.0 Å². The molecule has 0 unspecified atom stereocenters. The summed E-state index contributed by atoms with van der Waals surface area (Å²) < 4.78 is 23.4. The average Bonchev–Trinajstić information content (AvgIpc) is 3.68. The number of hydrogen-bond donors (Lipinski definition) is 1. The van der Waals surface area contributed by atoms with Gasteiger partial charge in [0, 0.05) is 57.8 Å². The molecule has 0 bridgehead atoms. The maximum atomic E-state index is 13.9. The summed E-state index contributed by atoms with van der Waals surface area (Å²) in [6.07, 6.45) is 3.75. The Hall–Kier alpha value is -3.85. The highest BCUT2D eigenvalue weighted by atomic mass is 16.7. The number of benzene rings is 3. The molecule has 0 saturated carbocycles. The summed E-state index contributed by atoms with van der Waals surface area (Å²) in [5.74, 6) is 1.78. The number of hydrogen-bond acceptors (Lipinski definition) is 7. The van der Waals surface area contributed by atoms with Crippen LogP contribution in [-0.2, 0) is 27.2 Å². The van der Waals surface area contributed by atoms with Crippen molar-refractivity contribution in [1.82, 2.24) is 9.80 Å². The molecule has 44 heavy (non-hydrogen) atoms. The van der Waals surface area contributed by atoms with E-state index in [1.54, 1.807) is 0 Å². The Labute approximate surface area is 258 Å². The number of ether oxygens (including phenoxy) is 4. The van der Waals surface area contributed by atoms with Gasteiger partial charge in [-0.3, -0.25) is 9.69 Å². The first-order chi connectivity index (χ1) is 21.6. The molecule has 0 radical (unpaired) electrons. The molecule has 8 nitrogen and oxygen atoms in total. The van der Waals surface area contributed by atoms with Crippen molar-refractivity contribution < 1.29 is 28.8 Å². The summed E-state index contributed by atoms with van der Waals surface area (Å²) in [5.41, 5.74) is 7.56. The number of nitrogens with zero attached hydrogens (tertiary/aromatic N) is 2. The van der Waals surface area contributed by atoms with E-state index in [4.69, 9.17) is 18.9 Å². The van der Waals surface area contributed by atoms with Crippen LogP contribution in [0, 0.1) is 5.92 Å². The van der Waals surface area contributed by atoms with Crippen LogP contribution in [0.2, 0.25) is 0 Å². The van der Waals surface area contributed by atoms with Gasteiger partial charge in [-0.1, -0.05) is 48.5 Å². The molecule has 1 aliphatic carbocycles. The zero-order valence-corrected chi connectivity index (χ0v) is 25.2. The number of carbonyl (C=O) groups excluding carboxylic acids is 1. The molecule has 230 valence electrons. The van der Waals surface area contributed by atoms with E-state index in [1.807, 2.05) is 30.0 Å². The maximum absolute atomic E-state index is 13.9. The Morgan fingerprint density at radius 1 is 0.955 bits per heavy atom. The van der Waals surface area contributed by atoms with Crippen LogP contribution in [0.25, 0.3) is 11.1 Å². The minimum Gasteiger partial charge on any atom is -0.459 e. The van der Waals surface area contributed by atoms with Gasteiger partial charge in [-0.05, 0) is 77.8 Å². The Balaban J connectivity index is 1.09. The zero-order chi connectivity index (χ0) is 30.0. The number of carbonyl (C=O) groups is 1. The summed E-state index contributed by atoms with van der Waals surface area (Å²) in [5, 5.41) is 9.69. The van der Waals surface area contributed by atoms with Crippen molar-refractivity contribution in [3.8, 4) is 22.6 Å². The lowest BCUT2D eigenvalue weighted by molar-refractivity contribution is -0.171. The van der Waals surface area contributed by atoms with Crippen molar-refractivity contribution in [3.05, 3.63) is 94.8 Å². The third kappa shape index (κ3) is 5.70. The minimum atomic E-state index is -0.557. The second-order valence-electron chi connectivity index (χ2n) is 12.0. The van der Waals surface area contributed by atoms with Crippen LogP contribution in [0.4, 0.5) is 0 Å². The largest absolute Gasteiger partial charge is 0.459 e. The number of rotatable bonds is 9. The van der Waals surface area contributed by atoms with Gasteiger partial charge in [0.1, 0.15) is 0 Å². The molecular weight excluding hydrogens is 556 g/mol. The van der Waals surface area contributed by atoms with E-state index in [0.717, 1.165) is 49.5 Å². The summed E-state index contributed by atoms with van der Waals surface area (Å²) in [4.78, 5) is 18.2. The van der Waals surface area contributed by atoms with Gasteiger partial charge in [0.05, 0.1) is 0 Å². The lowest BCUT2D eigenvalue weighted by Crippen LogP contribution is -2.49. The molecule has 7 rings (SSSR count). The molecule has 3 heterocycles. The summed E-state index contributed by atoms with van der Waals surface area (Å²) in [6, 6.07) is 21.4. The van der Waals surface area contributed by atoms with Crippen molar-refractivity contribution in [2.75, 3.05) is 46.2 Å². The molecule has 1 saturated heterocycles. The zero-order valence-electron chi connectivity index (χ0n) is 25.2. The second kappa shape index (κ2) is 12.6. The lowest BCUT2D eigenvalue weighted by Gasteiger charge is -2.39. The topological polar surface area (TPSA) is 80.7 Å². The third-order valence-electron chi connectivity index (χ3n) is 9.33. The fourth-order valence-electron chi connectivity index (χ4n) is 7.07.